The van der Waals surface area contributed by atoms with E-state index in [-0.39, 0.29) is 0 Å². The lowest BCUT2D eigenvalue weighted by Crippen LogP contribution is -2.01. The minimum atomic E-state index is 0.414. The van der Waals surface area contributed by atoms with Crippen molar-refractivity contribution < 1.29 is 4.74 Å². The van der Waals surface area contributed by atoms with Crippen LogP contribution in [0.2, 0.25) is 5.15 Å². The van der Waals surface area contributed by atoms with E-state index in [2.05, 4.69) is 9.97 Å². The molecule has 0 bridgehead atoms. The molecule has 0 spiro atoms. The molecule has 2 rings (SSSR count). The lowest BCUT2D eigenvalue weighted by atomic mass is 10.1. The Hall–Kier alpha value is -0.320. The van der Waals surface area contributed by atoms with Gasteiger partial charge in [0.05, 0.1) is 0 Å². The average molecular weight is 273 g/mol. The zero-order chi connectivity index (χ0) is 12.1. The first-order chi connectivity index (χ1) is 8.28. The Kier molecular flexibility index (Phi) is 5.07. The first-order valence-electron chi connectivity index (χ1n) is 5.93. The van der Waals surface area contributed by atoms with Gasteiger partial charge < -0.3 is 4.74 Å². The van der Waals surface area contributed by atoms with Crippen molar-refractivity contribution in [2.24, 2.45) is 5.92 Å². The Morgan fingerprint density at radius 1 is 1.41 bits per heavy atom. The van der Waals surface area contributed by atoms with E-state index in [0.29, 0.717) is 17.6 Å². The molecular formula is C12H17ClN2OS. The summed E-state index contributed by atoms with van der Waals surface area (Å²) in [5.74, 6) is 2.65. The van der Waals surface area contributed by atoms with Gasteiger partial charge in [-0.15, -0.1) is 11.8 Å². The number of hydrogen-bond donors (Lipinski definition) is 0. The summed E-state index contributed by atoms with van der Waals surface area (Å²) in [6.07, 6.45) is 5.48. The van der Waals surface area contributed by atoms with E-state index < -0.39 is 0 Å². The van der Waals surface area contributed by atoms with E-state index >= 15 is 0 Å². The molecule has 17 heavy (non-hydrogen) atoms. The van der Waals surface area contributed by atoms with Crippen LogP contribution in [0.15, 0.2) is 11.1 Å². The van der Waals surface area contributed by atoms with Crippen LogP contribution < -0.4 is 0 Å². The Labute approximate surface area is 111 Å². The van der Waals surface area contributed by atoms with E-state index in [1.807, 2.05) is 6.07 Å². The molecule has 0 aliphatic heterocycles. The zero-order valence-electron chi connectivity index (χ0n) is 9.99. The minimum Gasteiger partial charge on any atom is -0.377 e. The molecule has 0 aromatic carbocycles. The first-order valence-corrected chi connectivity index (χ1v) is 7.29. The van der Waals surface area contributed by atoms with Crippen LogP contribution in [0.4, 0.5) is 0 Å². The molecule has 1 aliphatic rings. The van der Waals surface area contributed by atoms with Crippen molar-refractivity contribution in [3.63, 3.8) is 0 Å². The van der Waals surface area contributed by atoms with Gasteiger partial charge in [0.2, 0.25) is 0 Å². The van der Waals surface area contributed by atoms with Crippen molar-refractivity contribution in [3.05, 3.63) is 17.0 Å². The second-order valence-corrected chi connectivity index (χ2v) is 5.77. The highest BCUT2D eigenvalue weighted by Crippen LogP contribution is 2.30. The summed E-state index contributed by atoms with van der Waals surface area (Å²) in [4.78, 5) is 8.55. The van der Waals surface area contributed by atoms with Crippen molar-refractivity contribution >= 4 is 23.4 Å². The minimum absolute atomic E-state index is 0.414. The quantitative estimate of drug-likeness (QED) is 0.606. The number of thioether (sulfide) groups is 1. The fraction of sp³-hybridized carbons (Fsp3) is 0.667. The topological polar surface area (TPSA) is 35.0 Å². The highest BCUT2D eigenvalue weighted by atomic mass is 35.5. The third-order valence-corrected chi connectivity index (χ3v) is 4.27. The molecule has 1 saturated carbocycles. The molecule has 1 aromatic heterocycles. The summed E-state index contributed by atoms with van der Waals surface area (Å²) in [7, 11) is 1.63. The number of methoxy groups -OCH3 is 1. The van der Waals surface area contributed by atoms with Gasteiger partial charge in [-0.25, -0.2) is 9.97 Å². The Morgan fingerprint density at radius 3 is 2.88 bits per heavy atom. The Bertz CT molecular complexity index is 370. The predicted octanol–water partition coefficient (Wildman–Crippen LogP) is 3.56. The molecule has 0 radical (unpaired) electrons. The van der Waals surface area contributed by atoms with Crippen LogP contribution in [0.25, 0.3) is 0 Å². The van der Waals surface area contributed by atoms with Crippen LogP contribution >= 0.6 is 23.4 Å². The molecule has 94 valence electrons. The van der Waals surface area contributed by atoms with Crippen LogP contribution in [0.1, 0.15) is 31.5 Å². The lowest BCUT2D eigenvalue weighted by Gasteiger charge is -2.08. The third kappa shape index (κ3) is 4.12. The maximum absolute atomic E-state index is 5.96. The summed E-state index contributed by atoms with van der Waals surface area (Å²) in [6.45, 7) is 0.414. The van der Waals surface area contributed by atoms with Crippen LogP contribution in [0.3, 0.4) is 0 Å². The summed E-state index contributed by atoms with van der Waals surface area (Å²) < 4.78 is 5.02. The first kappa shape index (κ1) is 13.1. The van der Waals surface area contributed by atoms with Crippen molar-refractivity contribution in [2.75, 3.05) is 12.9 Å². The molecule has 1 fully saturated rings. The van der Waals surface area contributed by atoms with Crippen LogP contribution in [-0.2, 0) is 11.3 Å². The standard InChI is InChI=1S/C12H17ClN2OS/c1-16-7-11-14-10(13)6-12(15-11)17-8-9-4-2-3-5-9/h6,9H,2-5,7-8H2,1H3. The molecule has 1 aliphatic carbocycles. The molecule has 3 nitrogen and oxygen atoms in total. The molecule has 0 saturated heterocycles. The fourth-order valence-corrected chi connectivity index (χ4v) is 3.46. The van der Waals surface area contributed by atoms with Crippen molar-refractivity contribution in [3.8, 4) is 0 Å². The van der Waals surface area contributed by atoms with E-state index in [1.54, 1.807) is 18.9 Å². The molecule has 1 aromatic rings. The number of ether oxygens (including phenoxy) is 1. The molecule has 0 unspecified atom stereocenters. The molecule has 0 N–H and O–H groups in total. The maximum Gasteiger partial charge on any atom is 0.156 e. The summed E-state index contributed by atoms with van der Waals surface area (Å²) in [5.41, 5.74) is 0. The Balaban J connectivity index is 1.94. The fourth-order valence-electron chi connectivity index (χ4n) is 2.09. The van der Waals surface area contributed by atoms with Crippen LogP contribution in [0, 0.1) is 5.92 Å². The van der Waals surface area contributed by atoms with E-state index in [1.165, 1.54) is 25.7 Å². The van der Waals surface area contributed by atoms with Crippen LogP contribution in [-0.4, -0.2) is 22.8 Å². The van der Waals surface area contributed by atoms with Crippen molar-refractivity contribution in [1.82, 2.24) is 9.97 Å². The number of aromatic nitrogens is 2. The average Bonchev–Trinajstić information content (AvgIpc) is 2.79. The monoisotopic (exact) mass is 272 g/mol. The largest absolute Gasteiger partial charge is 0.377 e. The number of hydrogen-bond acceptors (Lipinski definition) is 4. The number of rotatable bonds is 5. The maximum atomic E-state index is 5.96. The van der Waals surface area contributed by atoms with Crippen molar-refractivity contribution in [2.45, 2.75) is 37.3 Å². The molecule has 1 heterocycles. The number of nitrogens with zero attached hydrogens (tertiary/aromatic N) is 2. The second kappa shape index (κ2) is 6.57. The normalized spacial score (nSPS) is 16.6. The molecule has 5 heteroatoms. The molecule has 0 amide bonds. The van der Waals surface area contributed by atoms with Crippen LogP contribution in [0.5, 0.6) is 0 Å². The zero-order valence-corrected chi connectivity index (χ0v) is 11.6. The van der Waals surface area contributed by atoms with Gasteiger partial charge in [0, 0.05) is 18.9 Å². The Morgan fingerprint density at radius 2 is 2.18 bits per heavy atom. The predicted molar refractivity (Wildman–Crippen MR) is 70.4 cm³/mol. The SMILES string of the molecule is COCc1nc(Cl)cc(SCC2CCCC2)n1. The third-order valence-electron chi connectivity index (χ3n) is 2.93. The number of halogens is 1. The van der Waals surface area contributed by atoms with Gasteiger partial charge in [-0.3, -0.25) is 0 Å². The van der Waals surface area contributed by atoms with E-state index in [9.17, 15) is 0 Å². The van der Waals surface area contributed by atoms with Gasteiger partial charge in [0.1, 0.15) is 16.8 Å². The van der Waals surface area contributed by atoms with Gasteiger partial charge in [-0.05, 0) is 18.8 Å². The van der Waals surface area contributed by atoms with Gasteiger partial charge in [-0.2, -0.15) is 0 Å². The molecular weight excluding hydrogens is 256 g/mol. The van der Waals surface area contributed by atoms with E-state index in [0.717, 1.165) is 16.7 Å². The van der Waals surface area contributed by atoms with Gasteiger partial charge in [-0.1, -0.05) is 24.4 Å². The van der Waals surface area contributed by atoms with Gasteiger partial charge in [0.15, 0.2) is 5.82 Å². The van der Waals surface area contributed by atoms with E-state index in [4.69, 9.17) is 16.3 Å². The summed E-state index contributed by atoms with van der Waals surface area (Å²) >= 11 is 7.74. The highest BCUT2D eigenvalue weighted by molar-refractivity contribution is 7.99. The lowest BCUT2D eigenvalue weighted by molar-refractivity contribution is 0.177. The summed E-state index contributed by atoms with van der Waals surface area (Å²) in [6, 6.07) is 1.83. The van der Waals surface area contributed by atoms with Crippen molar-refractivity contribution in [1.29, 1.82) is 0 Å². The second-order valence-electron chi connectivity index (χ2n) is 4.34. The van der Waals surface area contributed by atoms with Gasteiger partial charge in [0.25, 0.3) is 0 Å². The molecule has 0 atom stereocenters. The summed E-state index contributed by atoms with van der Waals surface area (Å²) in [5, 5.41) is 1.46. The highest BCUT2D eigenvalue weighted by Gasteiger charge is 2.15. The van der Waals surface area contributed by atoms with Gasteiger partial charge >= 0.3 is 0 Å². The smallest absolute Gasteiger partial charge is 0.156 e.